The van der Waals surface area contributed by atoms with E-state index in [1.807, 2.05) is 0 Å². The van der Waals surface area contributed by atoms with Crippen molar-refractivity contribution in [3.63, 3.8) is 0 Å². The van der Waals surface area contributed by atoms with Crippen molar-refractivity contribution in [2.45, 2.75) is 26.1 Å². The Hall–Kier alpha value is -2.85. The number of nitrogens with one attached hydrogen (secondary N) is 1. The van der Waals surface area contributed by atoms with Gasteiger partial charge in [0.2, 0.25) is 5.95 Å². The highest BCUT2D eigenvalue weighted by Crippen LogP contribution is 2.32. The Labute approximate surface area is 146 Å². The van der Waals surface area contributed by atoms with Crippen LogP contribution in [0.25, 0.3) is 0 Å². The summed E-state index contributed by atoms with van der Waals surface area (Å²) in [5.74, 6) is 1.42. The Kier molecular flexibility index (Phi) is 4.12. The number of benzene rings is 1. The molecule has 0 fully saturated rings. The van der Waals surface area contributed by atoms with Gasteiger partial charge in [-0.05, 0) is 17.5 Å². The summed E-state index contributed by atoms with van der Waals surface area (Å²) in [6.45, 7) is 3.21. The third-order valence-corrected chi connectivity index (χ3v) is 4.73. The molecule has 0 unspecified atom stereocenters. The second kappa shape index (κ2) is 6.57. The summed E-state index contributed by atoms with van der Waals surface area (Å²) in [4.78, 5) is 13.2. The molecule has 0 saturated carbocycles. The van der Waals surface area contributed by atoms with Crippen LogP contribution in [0.3, 0.4) is 0 Å². The third-order valence-electron chi connectivity index (χ3n) is 4.73. The van der Waals surface area contributed by atoms with Gasteiger partial charge < -0.3 is 20.2 Å². The van der Waals surface area contributed by atoms with E-state index in [-0.39, 0.29) is 6.61 Å². The Morgan fingerprint density at radius 1 is 1.16 bits per heavy atom. The van der Waals surface area contributed by atoms with Crippen molar-refractivity contribution in [2.24, 2.45) is 0 Å². The number of nitriles is 1. The van der Waals surface area contributed by atoms with Crippen molar-refractivity contribution < 1.29 is 5.11 Å². The van der Waals surface area contributed by atoms with Crippen molar-refractivity contribution >= 4 is 11.8 Å². The fourth-order valence-corrected chi connectivity index (χ4v) is 3.49. The van der Waals surface area contributed by atoms with Crippen LogP contribution in [0, 0.1) is 11.5 Å². The lowest BCUT2D eigenvalue weighted by Gasteiger charge is -2.31. The van der Waals surface area contributed by atoms with Crippen LogP contribution in [0.15, 0.2) is 24.3 Å². The molecular formula is C18H20N6O. The number of anilines is 2. The highest BCUT2D eigenvalue weighted by molar-refractivity contribution is 5.56. The van der Waals surface area contributed by atoms with Gasteiger partial charge in [-0.3, -0.25) is 0 Å². The average Bonchev–Trinajstić information content (AvgIpc) is 3.08. The summed E-state index contributed by atoms with van der Waals surface area (Å²) in [5, 5.41) is 21.3. The van der Waals surface area contributed by atoms with Crippen LogP contribution in [0.1, 0.15) is 22.4 Å². The number of aromatic nitrogens is 2. The fourth-order valence-electron chi connectivity index (χ4n) is 3.49. The lowest BCUT2D eigenvalue weighted by Crippen LogP contribution is -2.32. The summed E-state index contributed by atoms with van der Waals surface area (Å²) in [6.07, 6.45) is 3.19. The second-order valence-electron chi connectivity index (χ2n) is 6.34. The van der Waals surface area contributed by atoms with Crippen molar-refractivity contribution in [1.82, 2.24) is 14.9 Å². The van der Waals surface area contributed by atoms with Crippen LogP contribution in [0.5, 0.6) is 0 Å². The monoisotopic (exact) mass is 336 g/mol. The van der Waals surface area contributed by atoms with Crippen LogP contribution < -0.4 is 10.2 Å². The molecule has 4 rings (SSSR count). The predicted molar refractivity (Wildman–Crippen MR) is 93.7 cm³/mol. The van der Waals surface area contributed by atoms with Gasteiger partial charge in [-0.2, -0.15) is 10.2 Å². The van der Waals surface area contributed by atoms with Gasteiger partial charge in [0, 0.05) is 25.2 Å². The maximum absolute atomic E-state index is 9.25. The molecule has 3 heterocycles. The van der Waals surface area contributed by atoms with E-state index in [0.29, 0.717) is 25.6 Å². The van der Waals surface area contributed by atoms with E-state index < -0.39 is 0 Å². The molecule has 0 spiro atoms. The zero-order valence-corrected chi connectivity index (χ0v) is 13.9. The van der Waals surface area contributed by atoms with Gasteiger partial charge in [-0.15, -0.1) is 0 Å². The number of rotatable bonds is 4. The summed E-state index contributed by atoms with van der Waals surface area (Å²) in [5.41, 5.74) is 4.64. The van der Waals surface area contributed by atoms with Crippen LogP contribution in [0.2, 0.25) is 0 Å². The number of fused-ring (bicyclic) bond motifs is 2. The van der Waals surface area contributed by atoms with Crippen LogP contribution in [0.4, 0.5) is 11.8 Å². The number of hydrogen-bond acceptors (Lipinski definition) is 7. The average molecular weight is 336 g/mol. The first kappa shape index (κ1) is 15.7. The minimum absolute atomic E-state index is 0.0250. The van der Waals surface area contributed by atoms with E-state index in [4.69, 9.17) is 10.1 Å². The van der Waals surface area contributed by atoms with Crippen molar-refractivity contribution in [2.75, 3.05) is 29.9 Å². The lowest BCUT2D eigenvalue weighted by molar-refractivity contribution is 0.310. The number of aliphatic hydroxyl groups excluding tert-OH is 1. The van der Waals surface area contributed by atoms with E-state index in [1.54, 1.807) is 4.90 Å². The molecule has 2 aliphatic heterocycles. The fraction of sp³-hybridized carbons (Fsp3) is 0.389. The molecule has 0 bridgehead atoms. The minimum atomic E-state index is 0.0250. The molecule has 0 saturated heterocycles. The standard InChI is InChI=1S/C18H20N6O/c19-12-23-10-15-16(11-23)21-18(20-6-8-25)22-17(15)24-7-5-13-3-1-2-4-14(13)9-24/h1-4,25H,5-11H2,(H,20,21,22). The van der Waals surface area contributed by atoms with Gasteiger partial charge in [0.1, 0.15) is 5.82 Å². The maximum atomic E-state index is 9.25. The maximum Gasteiger partial charge on any atom is 0.225 e. The SMILES string of the molecule is N#CN1Cc2nc(NCCO)nc(N3CCc4ccccc4C3)c2C1. The molecule has 2 aromatic rings. The molecular weight excluding hydrogens is 316 g/mol. The molecule has 0 aliphatic carbocycles. The van der Waals surface area contributed by atoms with Gasteiger partial charge >= 0.3 is 0 Å². The van der Waals surface area contributed by atoms with Crippen LogP contribution >= 0.6 is 0 Å². The van der Waals surface area contributed by atoms with Crippen molar-refractivity contribution in [3.05, 3.63) is 46.6 Å². The van der Waals surface area contributed by atoms with E-state index in [9.17, 15) is 5.26 Å². The summed E-state index contributed by atoms with van der Waals surface area (Å²) < 4.78 is 0. The van der Waals surface area contributed by atoms with Gasteiger partial charge in [0.05, 0.1) is 25.4 Å². The normalized spacial score (nSPS) is 15.5. The Bertz CT molecular complexity index is 831. The molecule has 0 amide bonds. The summed E-state index contributed by atoms with van der Waals surface area (Å²) in [7, 11) is 0. The van der Waals surface area contributed by atoms with Gasteiger partial charge in [-0.1, -0.05) is 24.3 Å². The van der Waals surface area contributed by atoms with Gasteiger partial charge in [-0.25, -0.2) is 4.98 Å². The van der Waals surface area contributed by atoms with Gasteiger partial charge in [0.25, 0.3) is 0 Å². The van der Waals surface area contributed by atoms with E-state index >= 15 is 0 Å². The zero-order valence-electron chi connectivity index (χ0n) is 13.9. The molecule has 2 aliphatic rings. The first-order chi connectivity index (χ1) is 12.3. The topological polar surface area (TPSA) is 88.3 Å². The quantitative estimate of drug-likeness (QED) is 0.812. The Balaban J connectivity index is 1.69. The van der Waals surface area contributed by atoms with Crippen molar-refractivity contribution in [3.8, 4) is 6.19 Å². The largest absolute Gasteiger partial charge is 0.395 e. The highest BCUT2D eigenvalue weighted by Gasteiger charge is 2.28. The minimum Gasteiger partial charge on any atom is -0.395 e. The van der Waals surface area contributed by atoms with Gasteiger partial charge in [0.15, 0.2) is 6.19 Å². The molecule has 0 radical (unpaired) electrons. The predicted octanol–water partition coefficient (Wildman–Crippen LogP) is 1.24. The Morgan fingerprint density at radius 2 is 2.00 bits per heavy atom. The second-order valence-corrected chi connectivity index (χ2v) is 6.34. The highest BCUT2D eigenvalue weighted by atomic mass is 16.3. The number of hydrogen-bond donors (Lipinski definition) is 2. The first-order valence-electron chi connectivity index (χ1n) is 8.49. The molecule has 128 valence electrons. The van der Waals surface area contributed by atoms with E-state index in [0.717, 1.165) is 36.6 Å². The first-order valence-corrected chi connectivity index (χ1v) is 8.49. The molecule has 1 aromatic heterocycles. The molecule has 2 N–H and O–H groups in total. The summed E-state index contributed by atoms with van der Waals surface area (Å²) >= 11 is 0. The smallest absolute Gasteiger partial charge is 0.225 e. The summed E-state index contributed by atoms with van der Waals surface area (Å²) in [6, 6.07) is 8.50. The van der Waals surface area contributed by atoms with Crippen molar-refractivity contribution in [1.29, 1.82) is 5.26 Å². The lowest BCUT2D eigenvalue weighted by atomic mass is 9.99. The molecule has 7 heteroatoms. The Morgan fingerprint density at radius 3 is 2.80 bits per heavy atom. The zero-order chi connectivity index (χ0) is 17.2. The molecule has 0 atom stereocenters. The number of nitrogens with zero attached hydrogens (tertiary/aromatic N) is 5. The molecule has 7 nitrogen and oxygen atoms in total. The van der Waals surface area contributed by atoms with E-state index in [2.05, 4.69) is 45.7 Å². The van der Waals surface area contributed by atoms with Crippen LogP contribution in [-0.4, -0.2) is 39.7 Å². The van der Waals surface area contributed by atoms with Crippen LogP contribution in [-0.2, 0) is 26.1 Å². The third kappa shape index (κ3) is 2.96. The molecule has 25 heavy (non-hydrogen) atoms. The molecule has 1 aromatic carbocycles. The number of aliphatic hydroxyl groups is 1. The van der Waals surface area contributed by atoms with E-state index in [1.165, 1.54) is 11.1 Å².